The van der Waals surface area contributed by atoms with Crippen LogP contribution < -0.4 is 0 Å². The van der Waals surface area contributed by atoms with E-state index in [0.717, 1.165) is 29.7 Å². The molecule has 5 heteroatoms. The fraction of sp³-hybridized carbons (Fsp3) is 0.647. The summed E-state index contributed by atoms with van der Waals surface area (Å²) in [6.45, 7) is 6.10. The van der Waals surface area contributed by atoms with Gasteiger partial charge >= 0.3 is 11.9 Å². The van der Waals surface area contributed by atoms with Gasteiger partial charge in [0.25, 0.3) is 0 Å². The maximum absolute atomic E-state index is 12.3. The van der Waals surface area contributed by atoms with Gasteiger partial charge in [0.05, 0.1) is 13.0 Å². The summed E-state index contributed by atoms with van der Waals surface area (Å²) >= 11 is 1.67. The molecule has 1 heterocycles. The minimum Gasteiger partial charge on any atom is -0.463 e. The van der Waals surface area contributed by atoms with Gasteiger partial charge in [-0.05, 0) is 58.1 Å². The van der Waals surface area contributed by atoms with Crippen molar-refractivity contribution in [1.29, 1.82) is 0 Å². The number of hydrogen-bond acceptors (Lipinski definition) is 5. The monoisotopic (exact) mass is 324 g/mol. The Hall–Kier alpha value is -1.36. The molecule has 1 aromatic heterocycles. The van der Waals surface area contributed by atoms with E-state index in [1.165, 1.54) is 4.88 Å². The first-order chi connectivity index (χ1) is 10.5. The van der Waals surface area contributed by atoms with Gasteiger partial charge in [0.1, 0.15) is 0 Å². The minimum atomic E-state index is -1.07. The van der Waals surface area contributed by atoms with Gasteiger partial charge in [-0.15, -0.1) is 11.3 Å². The van der Waals surface area contributed by atoms with E-state index in [-0.39, 0.29) is 18.4 Å². The van der Waals surface area contributed by atoms with Crippen LogP contribution in [0.5, 0.6) is 0 Å². The molecule has 1 aliphatic rings. The maximum Gasteiger partial charge on any atom is 0.350 e. The van der Waals surface area contributed by atoms with Crippen LogP contribution in [0.4, 0.5) is 0 Å². The fourth-order valence-electron chi connectivity index (χ4n) is 3.00. The molecule has 0 radical (unpaired) electrons. The Morgan fingerprint density at radius 3 is 2.45 bits per heavy atom. The Kier molecular flexibility index (Phi) is 5.62. The third kappa shape index (κ3) is 3.88. The number of aryl methyl sites for hydroxylation is 2. The van der Waals surface area contributed by atoms with Gasteiger partial charge in [0.15, 0.2) is 0 Å². The first-order valence-corrected chi connectivity index (χ1v) is 8.73. The molecule has 0 atom stereocenters. The number of esters is 2. The van der Waals surface area contributed by atoms with E-state index >= 15 is 0 Å². The largest absolute Gasteiger partial charge is 0.463 e. The van der Waals surface area contributed by atoms with E-state index < -0.39 is 5.60 Å². The number of thiophene rings is 1. The van der Waals surface area contributed by atoms with E-state index in [2.05, 4.69) is 0 Å². The molecule has 0 amide bonds. The van der Waals surface area contributed by atoms with Crippen molar-refractivity contribution < 1.29 is 19.1 Å². The Morgan fingerprint density at radius 1 is 1.23 bits per heavy atom. The number of ether oxygens (including phenoxy) is 2. The molecule has 0 aromatic carbocycles. The topological polar surface area (TPSA) is 52.6 Å². The lowest BCUT2D eigenvalue weighted by Crippen LogP contribution is -2.46. The molecular formula is C17H24O4S. The van der Waals surface area contributed by atoms with Crippen molar-refractivity contribution in [3.05, 3.63) is 21.4 Å². The van der Waals surface area contributed by atoms with Crippen molar-refractivity contribution >= 4 is 23.3 Å². The number of hydrogen-bond donors (Lipinski definition) is 0. The molecule has 1 aromatic rings. The zero-order chi connectivity index (χ0) is 16.2. The van der Waals surface area contributed by atoms with Gasteiger partial charge < -0.3 is 9.47 Å². The molecule has 0 N–H and O–H groups in total. The van der Waals surface area contributed by atoms with Crippen molar-refractivity contribution in [1.82, 2.24) is 0 Å². The molecular weight excluding hydrogens is 300 g/mol. The molecule has 122 valence electrons. The molecule has 22 heavy (non-hydrogen) atoms. The predicted molar refractivity (Wildman–Crippen MR) is 86.0 cm³/mol. The molecule has 0 unspecified atom stereocenters. The first-order valence-electron chi connectivity index (χ1n) is 7.92. The molecule has 2 rings (SSSR count). The van der Waals surface area contributed by atoms with E-state index in [9.17, 15) is 9.59 Å². The van der Waals surface area contributed by atoms with Crippen LogP contribution >= 0.6 is 11.3 Å². The lowest BCUT2D eigenvalue weighted by atomic mass is 9.84. The van der Waals surface area contributed by atoms with Crippen LogP contribution in [-0.2, 0) is 25.5 Å². The number of carbonyl (C=O) groups is 2. The summed E-state index contributed by atoms with van der Waals surface area (Å²) in [5, 5.41) is 0. The van der Waals surface area contributed by atoms with Crippen LogP contribution in [-0.4, -0.2) is 24.1 Å². The van der Waals surface area contributed by atoms with Gasteiger partial charge in [-0.3, -0.25) is 4.79 Å². The van der Waals surface area contributed by atoms with Gasteiger partial charge in [-0.2, -0.15) is 0 Å². The molecule has 1 saturated carbocycles. The summed E-state index contributed by atoms with van der Waals surface area (Å²) in [6, 6.07) is 2.01. The SMILES string of the molecule is CCOC(=O)C1(OC(=O)Cc2cc(C)sc2C)CCCCC1. The second-order valence-corrected chi connectivity index (χ2v) is 7.33. The highest BCUT2D eigenvalue weighted by Crippen LogP contribution is 2.33. The van der Waals surface area contributed by atoms with Crippen molar-refractivity contribution in [3.63, 3.8) is 0 Å². The zero-order valence-corrected chi connectivity index (χ0v) is 14.4. The van der Waals surface area contributed by atoms with Crippen molar-refractivity contribution in [2.24, 2.45) is 0 Å². The van der Waals surface area contributed by atoms with Crippen LogP contribution in [0, 0.1) is 13.8 Å². The smallest absolute Gasteiger partial charge is 0.350 e. The Balaban J connectivity index is 2.08. The third-order valence-corrected chi connectivity index (χ3v) is 5.10. The third-order valence-electron chi connectivity index (χ3n) is 4.10. The van der Waals surface area contributed by atoms with Crippen molar-refractivity contribution in [2.75, 3.05) is 6.61 Å². The highest BCUT2D eigenvalue weighted by molar-refractivity contribution is 7.12. The van der Waals surface area contributed by atoms with Crippen LogP contribution in [0.25, 0.3) is 0 Å². The fourth-order valence-corrected chi connectivity index (χ4v) is 3.95. The highest BCUT2D eigenvalue weighted by atomic mass is 32.1. The summed E-state index contributed by atoms with van der Waals surface area (Å²) in [5.41, 5.74) is -0.0769. The first kappa shape index (κ1) is 17.0. The normalized spacial score (nSPS) is 17.0. The van der Waals surface area contributed by atoms with Crippen molar-refractivity contribution in [2.45, 2.75) is 64.9 Å². The minimum absolute atomic E-state index is 0.220. The maximum atomic E-state index is 12.3. The standard InChI is InChI=1S/C17H24O4S/c1-4-20-16(19)17(8-6-5-7-9-17)21-15(18)11-14-10-12(2)22-13(14)3/h10H,4-9,11H2,1-3H3. The molecule has 4 nitrogen and oxygen atoms in total. The second-order valence-electron chi connectivity index (χ2n) is 5.86. The summed E-state index contributed by atoms with van der Waals surface area (Å²) in [7, 11) is 0. The van der Waals surface area contributed by atoms with Crippen LogP contribution in [0.3, 0.4) is 0 Å². The molecule has 1 aliphatic carbocycles. The van der Waals surface area contributed by atoms with Crippen LogP contribution in [0.15, 0.2) is 6.07 Å². The number of carbonyl (C=O) groups excluding carboxylic acids is 2. The van der Waals surface area contributed by atoms with Gasteiger partial charge in [-0.25, -0.2) is 4.79 Å². The average Bonchev–Trinajstić information content (AvgIpc) is 2.78. The molecule has 0 bridgehead atoms. The van der Waals surface area contributed by atoms with Crippen molar-refractivity contribution in [3.8, 4) is 0 Å². The van der Waals surface area contributed by atoms with Crippen LogP contribution in [0.2, 0.25) is 0 Å². The summed E-state index contributed by atoms with van der Waals surface area (Å²) in [5.74, 6) is -0.725. The van der Waals surface area contributed by atoms with E-state index in [0.29, 0.717) is 19.4 Å². The Labute approximate surface area is 135 Å². The highest BCUT2D eigenvalue weighted by Gasteiger charge is 2.44. The predicted octanol–water partition coefficient (Wildman–Crippen LogP) is 3.72. The van der Waals surface area contributed by atoms with E-state index in [1.54, 1.807) is 18.3 Å². The van der Waals surface area contributed by atoms with Crippen LogP contribution in [0.1, 0.15) is 54.3 Å². The lowest BCUT2D eigenvalue weighted by Gasteiger charge is -2.34. The molecule has 0 spiro atoms. The number of rotatable bonds is 5. The second kappa shape index (κ2) is 7.27. The van der Waals surface area contributed by atoms with Gasteiger partial charge in [-0.1, -0.05) is 6.42 Å². The zero-order valence-electron chi connectivity index (χ0n) is 13.6. The van der Waals surface area contributed by atoms with Gasteiger partial charge in [0, 0.05) is 9.75 Å². The molecule has 0 aliphatic heterocycles. The summed E-state index contributed by atoms with van der Waals surface area (Å²) < 4.78 is 10.8. The summed E-state index contributed by atoms with van der Waals surface area (Å²) in [6.07, 6.45) is 4.21. The van der Waals surface area contributed by atoms with Gasteiger partial charge in [0.2, 0.25) is 5.60 Å². The van der Waals surface area contributed by atoms with E-state index in [4.69, 9.17) is 9.47 Å². The Bertz CT molecular complexity index is 541. The molecule has 1 fully saturated rings. The lowest BCUT2D eigenvalue weighted by molar-refractivity contribution is -0.186. The Morgan fingerprint density at radius 2 is 1.91 bits per heavy atom. The summed E-state index contributed by atoms with van der Waals surface area (Å²) in [4.78, 5) is 26.9. The quantitative estimate of drug-likeness (QED) is 0.775. The van der Waals surface area contributed by atoms with E-state index in [1.807, 2.05) is 19.9 Å². The molecule has 0 saturated heterocycles. The average molecular weight is 324 g/mol.